The minimum atomic E-state index is -4.12. The molecule has 3 aromatic carbocycles. The summed E-state index contributed by atoms with van der Waals surface area (Å²) in [5.74, 6) is 0. The number of aromatic nitrogens is 2. The fourth-order valence-corrected chi connectivity index (χ4v) is 6.78. The van der Waals surface area contributed by atoms with Crippen LogP contribution in [0.3, 0.4) is 0 Å². The van der Waals surface area contributed by atoms with Crippen LogP contribution in [0.5, 0.6) is 0 Å². The molecule has 0 aliphatic carbocycles. The second-order valence-corrected chi connectivity index (χ2v) is 12.9. The smallest absolute Gasteiger partial charge is 0.240 e. The van der Waals surface area contributed by atoms with Crippen molar-refractivity contribution >= 4 is 63.7 Å². The number of pyridine rings is 2. The Labute approximate surface area is 230 Å². The zero-order chi connectivity index (χ0) is 28.8. The van der Waals surface area contributed by atoms with Crippen molar-refractivity contribution in [3.05, 3.63) is 69.0 Å². The second-order valence-electron chi connectivity index (χ2n) is 9.56. The largest absolute Gasteiger partial charge is 0.354 e. The molecule has 5 N–H and O–H groups in total. The third kappa shape index (κ3) is 5.02. The van der Waals surface area contributed by atoms with E-state index in [0.29, 0.717) is 17.5 Å². The van der Waals surface area contributed by atoms with Crippen molar-refractivity contribution in [3.63, 3.8) is 0 Å². The lowest BCUT2D eigenvalue weighted by Crippen LogP contribution is -2.30. The number of nitrogens with two attached hydrogens (primary N) is 1. The fourth-order valence-electron chi connectivity index (χ4n) is 4.96. The van der Waals surface area contributed by atoms with E-state index in [0.717, 1.165) is 19.6 Å². The van der Waals surface area contributed by atoms with Gasteiger partial charge in [-0.25, -0.2) is 26.7 Å². The summed E-state index contributed by atoms with van der Waals surface area (Å²) < 4.78 is 52.7. The molecule has 0 saturated carbocycles. The standard InChI is InChI=1S/C27H29N5O6S2/c1-3-32(4-2)12-6-11-29-40(37,38)16-9-10-17-21(13-16)30-22-14-20-23(15-19(22)26(17)33)31-25-18(27(20)34)7-5-8-24(25)39(28,35)36/h5,7-10,13-15,29H,3-4,6,11-12H2,1-2H3,(H,30,33)(H,31,34)(H2,28,35,36). The normalized spacial score (nSPS) is 12.8. The number of aromatic amines is 2. The van der Waals surface area contributed by atoms with Gasteiger partial charge < -0.3 is 14.9 Å². The molecule has 0 unspecified atom stereocenters. The number of hydrogen-bond donors (Lipinski definition) is 4. The zero-order valence-electron chi connectivity index (χ0n) is 21.9. The molecule has 5 aromatic rings. The molecule has 0 aliphatic heterocycles. The molecule has 0 spiro atoms. The van der Waals surface area contributed by atoms with Gasteiger partial charge in [-0.3, -0.25) is 9.59 Å². The van der Waals surface area contributed by atoms with Crippen LogP contribution in [0.25, 0.3) is 43.6 Å². The first kappa shape index (κ1) is 27.9. The highest BCUT2D eigenvalue weighted by Gasteiger charge is 2.19. The molecule has 5 rings (SSSR count). The van der Waals surface area contributed by atoms with Gasteiger partial charge in [0.1, 0.15) is 4.90 Å². The summed E-state index contributed by atoms with van der Waals surface area (Å²) in [6.45, 7) is 6.95. The van der Waals surface area contributed by atoms with E-state index in [1.807, 2.05) is 0 Å². The van der Waals surface area contributed by atoms with Crippen LogP contribution in [-0.2, 0) is 20.0 Å². The van der Waals surface area contributed by atoms with E-state index < -0.39 is 25.5 Å². The van der Waals surface area contributed by atoms with Gasteiger partial charge >= 0.3 is 0 Å². The van der Waals surface area contributed by atoms with Crippen LogP contribution >= 0.6 is 0 Å². The predicted octanol–water partition coefficient (Wildman–Crippen LogP) is 2.33. The Morgan fingerprint density at radius 1 is 0.800 bits per heavy atom. The van der Waals surface area contributed by atoms with E-state index in [1.54, 1.807) is 0 Å². The molecule has 0 aliphatic rings. The average molecular weight is 584 g/mol. The number of rotatable bonds is 9. The van der Waals surface area contributed by atoms with Gasteiger partial charge in [0, 0.05) is 28.1 Å². The summed E-state index contributed by atoms with van der Waals surface area (Å²) in [5.41, 5.74) is 0.137. The van der Waals surface area contributed by atoms with E-state index >= 15 is 0 Å². The molecule has 0 radical (unpaired) electrons. The van der Waals surface area contributed by atoms with E-state index in [-0.39, 0.29) is 54.3 Å². The Kier molecular flexibility index (Phi) is 7.27. The summed E-state index contributed by atoms with van der Waals surface area (Å²) in [6.07, 6.45) is 0.658. The summed E-state index contributed by atoms with van der Waals surface area (Å²) in [4.78, 5) is 34.8. The van der Waals surface area contributed by atoms with Crippen LogP contribution in [0.1, 0.15) is 20.3 Å². The minimum Gasteiger partial charge on any atom is -0.354 e. The van der Waals surface area contributed by atoms with Crippen LogP contribution in [0.4, 0.5) is 0 Å². The van der Waals surface area contributed by atoms with E-state index in [2.05, 4.69) is 33.4 Å². The van der Waals surface area contributed by atoms with E-state index in [4.69, 9.17) is 5.14 Å². The molecule has 210 valence electrons. The maximum atomic E-state index is 13.4. The lowest BCUT2D eigenvalue weighted by atomic mass is 10.1. The lowest BCUT2D eigenvalue weighted by molar-refractivity contribution is 0.300. The van der Waals surface area contributed by atoms with Crippen molar-refractivity contribution in [2.45, 2.75) is 30.1 Å². The Morgan fingerprint density at radius 2 is 1.43 bits per heavy atom. The van der Waals surface area contributed by atoms with E-state index in [1.165, 1.54) is 48.5 Å². The van der Waals surface area contributed by atoms with Crippen molar-refractivity contribution in [1.82, 2.24) is 19.6 Å². The summed E-state index contributed by atoms with van der Waals surface area (Å²) in [6, 6.07) is 11.4. The number of sulfonamides is 2. The Morgan fingerprint density at radius 3 is 2.08 bits per heavy atom. The molecule has 13 heteroatoms. The van der Waals surface area contributed by atoms with Gasteiger partial charge in [0.2, 0.25) is 20.0 Å². The number of nitrogens with zero attached hydrogens (tertiary/aromatic N) is 1. The van der Waals surface area contributed by atoms with Gasteiger partial charge in [0.25, 0.3) is 0 Å². The first-order valence-corrected chi connectivity index (χ1v) is 15.8. The van der Waals surface area contributed by atoms with Crippen LogP contribution in [0.15, 0.2) is 67.9 Å². The number of benzene rings is 3. The molecule has 2 aromatic heterocycles. The molecule has 0 atom stereocenters. The number of para-hydroxylation sites is 1. The van der Waals surface area contributed by atoms with Gasteiger partial charge in [0.05, 0.1) is 27.0 Å². The molecular weight excluding hydrogens is 554 g/mol. The van der Waals surface area contributed by atoms with Gasteiger partial charge in [0.15, 0.2) is 10.9 Å². The van der Waals surface area contributed by atoms with Crippen LogP contribution in [0.2, 0.25) is 0 Å². The quantitative estimate of drug-likeness (QED) is 0.152. The Bertz CT molecular complexity index is 2130. The molecule has 0 bridgehead atoms. The predicted molar refractivity (Wildman–Crippen MR) is 157 cm³/mol. The van der Waals surface area contributed by atoms with Gasteiger partial charge in [-0.2, -0.15) is 0 Å². The Balaban J connectivity index is 1.60. The van der Waals surface area contributed by atoms with Crippen molar-refractivity contribution < 1.29 is 16.8 Å². The minimum absolute atomic E-state index is 0.0120. The van der Waals surface area contributed by atoms with Crippen molar-refractivity contribution in [1.29, 1.82) is 0 Å². The maximum absolute atomic E-state index is 13.4. The first-order chi connectivity index (χ1) is 18.9. The summed E-state index contributed by atoms with van der Waals surface area (Å²) in [5, 5.41) is 6.20. The lowest BCUT2D eigenvalue weighted by Gasteiger charge is -2.17. The molecule has 0 fully saturated rings. The zero-order valence-corrected chi connectivity index (χ0v) is 23.6. The van der Waals surface area contributed by atoms with Crippen molar-refractivity contribution in [2.24, 2.45) is 5.14 Å². The van der Waals surface area contributed by atoms with Gasteiger partial charge in [-0.1, -0.05) is 19.9 Å². The van der Waals surface area contributed by atoms with Gasteiger partial charge in [-0.15, -0.1) is 0 Å². The third-order valence-corrected chi connectivity index (χ3v) is 9.55. The molecular formula is C27H29N5O6S2. The van der Waals surface area contributed by atoms with Crippen molar-refractivity contribution in [2.75, 3.05) is 26.2 Å². The number of H-pyrrole nitrogens is 2. The number of primary sulfonamides is 1. The van der Waals surface area contributed by atoms with E-state index in [9.17, 15) is 26.4 Å². The van der Waals surface area contributed by atoms with Crippen LogP contribution in [0, 0.1) is 0 Å². The van der Waals surface area contributed by atoms with Crippen molar-refractivity contribution in [3.8, 4) is 0 Å². The fraction of sp³-hybridized carbons (Fsp3) is 0.259. The monoisotopic (exact) mass is 583 g/mol. The molecule has 2 heterocycles. The molecule has 11 nitrogen and oxygen atoms in total. The number of fused-ring (bicyclic) bond motifs is 4. The number of nitrogens with one attached hydrogen (secondary N) is 3. The first-order valence-electron chi connectivity index (χ1n) is 12.8. The summed E-state index contributed by atoms with van der Waals surface area (Å²) >= 11 is 0. The molecule has 0 amide bonds. The average Bonchev–Trinajstić information content (AvgIpc) is 2.92. The molecule has 0 saturated heterocycles. The topological polar surface area (TPSA) is 175 Å². The number of hydrogen-bond acceptors (Lipinski definition) is 7. The SMILES string of the molecule is CCN(CC)CCCNS(=O)(=O)c1ccc2c(=O)c3cc4[nH]c5c(S(N)(=O)=O)cccc5c(=O)c4cc3[nH]c2c1. The van der Waals surface area contributed by atoms with Crippen LogP contribution < -0.4 is 20.7 Å². The highest BCUT2D eigenvalue weighted by atomic mass is 32.2. The third-order valence-electron chi connectivity index (χ3n) is 7.14. The maximum Gasteiger partial charge on any atom is 0.240 e. The van der Waals surface area contributed by atoms with Crippen LogP contribution in [-0.4, -0.2) is 57.9 Å². The van der Waals surface area contributed by atoms with Gasteiger partial charge in [-0.05, 0) is 68.5 Å². The second kappa shape index (κ2) is 10.4. The summed E-state index contributed by atoms with van der Waals surface area (Å²) in [7, 11) is -7.94. The highest BCUT2D eigenvalue weighted by Crippen LogP contribution is 2.25. The Hall–Kier alpha value is -3.62. The molecule has 40 heavy (non-hydrogen) atoms. The highest BCUT2D eigenvalue weighted by molar-refractivity contribution is 7.89.